The molecular weight excluding hydrogens is 462 g/mol. The minimum absolute atomic E-state index is 0.0486. The molecule has 2 aliphatic rings. The Morgan fingerprint density at radius 1 is 1.09 bits per heavy atom. The van der Waals surface area contributed by atoms with Gasteiger partial charge in [0.05, 0.1) is 24.0 Å². The van der Waals surface area contributed by atoms with Crippen LogP contribution in [0.3, 0.4) is 0 Å². The van der Waals surface area contributed by atoms with Crippen molar-refractivity contribution in [2.24, 2.45) is 0 Å². The first-order chi connectivity index (χ1) is 16.0. The summed E-state index contributed by atoms with van der Waals surface area (Å²) in [6, 6.07) is 7.27. The van der Waals surface area contributed by atoms with Crippen LogP contribution < -0.4 is 5.32 Å². The lowest BCUT2D eigenvalue weighted by atomic mass is 10.2. The van der Waals surface area contributed by atoms with E-state index in [1.165, 1.54) is 17.1 Å². The van der Waals surface area contributed by atoms with E-state index in [4.69, 9.17) is 0 Å². The number of carbonyl (C=O) groups is 1. The molecule has 3 heterocycles. The maximum Gasteiger partial charge on any atom is 0.245 e. The minimum atomic E-state index is -3.64. The minimum Gasteiger partial charge on any atom is -0.311 e. The Morgan fingerprint density at radius 2 is 1.88 bits per heavy atom. The van der Waals surface area contributed by atoms with Crippen molar-refractivity contribution in [3.8, 4) is 0 Å². The summed E-state index contributed by atoms with van der Waals surface area (Å²) in [6.45, 7) is 2.51. The van der Waals surface area contributed by atoms with E-state index in [0.717, 1.165) is 30.4 Å². The summed E-state index contributed by atoms with van der Waals surface area (Å²) < 4.78 is 38.1. The van der Waals surface area contributed by atoms with Gasteiger partial charge < -0.3 is 10.2 Å². The summed E-state index contributed by atoms with van der Waals surface area (Å²) in [6.07, 6.45) is 6.70. The largest absolute Gasteiger partial charge is 0.311 e. The van der Waals surface area contributed by atoms with Crippen LogP contribution in [0, 0.1) is 0 Å². The lowest BCUT2D eigenvalue weighted by Gasteiger charge is -2.33. The molecule has 0 bridgehead atoms. The van der Waals surface area contributed by atoms with Gasteiger partial charge in [-0.05, 0) is 25.0 Å². The smallest absolute Gasteiger partial charge is 0.245 e. The Hall–Kier alpha value is -2.41. The average molecular weight is 490 g/mol. The van der Waals surface area contributed by atoms with Crippen molar-refractivity contribution in [1.29, 1.82) is 0 Å². The van der Waals surface area contributed by atoms with Crippen LogP contribution in [0.2, 0.25) is 0 Å². The zero-order valence-electron chi connectivity index (χ0n) is 18.3. The number of carbonyl (C=O) groups excluding carboxylic acids is 1. The van der Waals surface area contributed by atoms with Gasteiger partial charge in [-0.25, -0.2) is 13.1 Å². The van der Waals surface area contributed by atoms with Crippen LogP contribution in [0.4, 0.5) is 5.82 Å². The number of rotatable bonds is 7. The highest BCUT2D eigenvalue weighted by Crippen LogP contribution is 2.31. The van der Waals surface area contributed by atoms with Crippen LogP contribution in [0.15, 0.2) is 35.4 Å². The van der Waals surface area contributed by atoms with Crippen LogP contribution >= 0.6 is 11.7 Å². The van der Waals surface area contributed by atoms with Crippen LogP contribution in [-0.2, 0) is 14.8 Å². The second kappa shape index (κ2) is 9.45. The second-order valence-electron chi connectivity index (χ2n) is 8.53. The van der Waals surface area contributed by atoms with Crippen LogP contribution in [-0.4, -0.2) is 74.8 Å². The fourth-order valence-corrected chi connectivity index (χ4v) is 6.81. The fourth-order valence-electron chi connectivity index (χ4n) is 4.64. The first kappa shape index (κ1) is 22.4. The fraction of sp³-hybridized carbons (Fsp3) is 0.524. The van der Waals surface area contributed by atoms with E-state index in [9.17, 15) is 13.2 Å². The Morgan fingerprint density at radius 3 is 2.67 bits per heavy atom. The molecule has 176 valence electrons. The molecule has 0 radical (unpaired) electrons. The van der Waals surface area contributed by atoms with Crippen molar-refractivity contribution in [1.82, 2.24) is 27.7 Å². The highest BCUT2D eigenvalue weighted by molar-refractivity contribution is 7.89. The van der Waals surface area contributed by atoms with E-state index in [2.05, 4.69) is 24.1 Å². The van der Waals surface area contributed by atoms with Gasteiger partial charge in [-0.3, -0.25) is 4.79 Å². The van der Waals surface area contributed by atoms with Crippen molar-refractivity contribution < 1.29 is 13.2 Å². The maximum atomic E-state index is 13.2. The highest BCUT2D eigenvalue weighted by atomic mass is 32.2. The number of fused-ring (bicyclic) bond motifs is 1. The Labute approximate surface area is 196 Å². The molecule has 1 aliphatic heterocycles. The number of anilines is 1. The predicted molar refractivity (Wildman–Crippen MR) is 126 cm³/mol. The van der Waals surface area contributed by atoms with E-state index in [0.29, 0.717) is 56.2 Å². The zero-order chi connectivity index (χ0) is 22.8. The molecule has 2 fully saturated rings. The summed E-state index contributed by atoms with van der Waals surface area (Å²) in [7, 11) is -3.64. The third kappa shape index (κ3) is 4.65. The number of sulfonamides is 1. The van der Waals surface area contributed by atoms with Crippen LogP contribution in [0.5, 0.6) is 0 Å². The van der Waals surface area contributed by atoms with Gasteiger partial charge >= 0.3 is 0 Å². The topological polar surface area (TPSA) is 113 Å². The molecule has 10 nitrogen and oxygen atoms in total. The molecule has 1 amide bonds. The molecular formula is C21H27N7O3S2. The molecule has 1 saturated carbocycles. The quantitative estimate of drug-likeness (QED) is 0.542. The van der Waals surface area contributed by atoms with Gasteiger partial charge in [0.25, 0.3) is 0 Å². The average Bonchev–Trinajstić information content (AvgIpc) is 3.59. The van der Waals surface area contributed by atoms with E-state index in [-0.39, 0.29) is 10.8 Å². The number of hydrogen-bond acceptors (Lipinski definition) is 8. The van der Waals surface area contributed by atoms with Crippen molar-refractivity contribution in [2.45, 2.75) is 43.0 Å². The first-order valence-electron chi connectivity index (χ1n) is 11.3. The summed E-state index contributed by atoms with van der Waals surface area (Å²) >= 11 is 1.01. The third-order valence-corrected chi connectivity index (χ3v) is 8.93. The third-order valence-electron chi connectivity index (χ3n) is 6.46. The van der Waals surface area contributed by atoms with Crippen molar-refractivity contribution in [2.75, 3.05) is 38.0 Å². The van der Waals surface area contributed by atoms with Gasteiger partial charge in [0.2, 0.25) is 15.9 Å². The predicted octanol–water partition coefficient (Wildman–Crippen LogP) is 2.34. The Balaban J connectivity index is 1.13. The molecule has 1 aliphatic carbocycles. The van der Waals surface area contributed by atoms with E-state index >= 15 is 0 Å². The summed E-state index contributed by atoms with van der Waals surface area (Å²) in [5.74, 6) is 0.709. The molecule has 1 saturated heterocycles. The number of nitrogens with one attached hydrogen (secondary N) is 1. The SMILES string of the molecule is O=C(CCN1CCN(S(=O)(=O)c2cccc3nsnc23)CC1)Nc1ccnn1C1CCCC1. The van der Waals surface area contributed by atoms with E-state index < -0.39 is 10.0 Å². The molecule has 1 aromatic carbocycles. The van der Waals surface area contributed by atoms with Gasteiger partial charge in [-0.1, -0.05) is 18.9 Å². The van der Waals surface area contributed by atoms with Gasteiger partial charge in [0, 0.05) is 45.2 Å². The number of nitrogens with zero attached hydrogens (tertiary/aromatic N) is 6. The Kier molecular flexibility index (Phi) is 6.41. The zero-order valence-corrected chi connectivity index (χ0v) is 19.9. The summed E-state index contributed by atoms with van der Waals surface area (Å²) in [5, 5.41) is 7.39. The molecule has 0 spiro atoms. The molecule has 2 aromatic heterocycles. The number of amides is 1. The van der Waals surface area contributed by atoms with Crippen molar-refractivity contribution >= 4 is 44.5 Å². The van der Waals surface area contributed by atoms with Gasteiger partial charge in [-0.15, -0.1) is 0 Å². The van der Waals surface area contributed by atoms with Crippen molar-refractivity contribution in [3.63, 3.8) is 0 Å². The first-order valence-corrected chi connectivity index (χ1v) is 13.5. The number of piperazine rings is 1. The molecule has 12 heteroatoms. The lowest BCUT2D eigenvalue weighted by molar-refractivity contribution is -0.116. The van der Waals surface area contributed by atoms with Crippen LogP contribution in [0.1, 0.15) is 38.1 Å². The maximum absolute atomic E-state index is 13.2. The normalized spacial score (nSPS) is 18.8. The van der Waals surface area contributed by atoms with E-state index in [1.54, 1.807) is 24.4 Å². The Bertz CT molecular complexity index is 1230. The lowest BCUT2D eigenvalue weighted by Crippen LogP contribution is -2.49. The van der Waals surface area contributed by atoms with Crippen LogP contribution in [0.25, 0.3) is 11.0 Å². The molecule has 0 unspecified atom stereocenters. The standard InChI is InChI=1S/C21H27N7O3S2/c29-20(23-19-8-10-22-28(19)16-4-1-2-5-16)9-11-26-12-14-27(15-13-26)33(30,31)18-7-3-6-17-21(18)25-32-24-17/h3,6-8,10,16H,1-2,4-5,9,11-15H2,(H,23,29). The van der Waals surface area contributed by atoms with E-state index in [1.807, 2.05) is 10.7 Å². The molecule has 0 atom stereocenters. The van der Waals surface area contributed by atoms with Gasteiger partial charge in [-0.2, -0.15) is 18.2 Å². The summed E-state index contributed by atoms with van der Waals surface area (Å²) in [4.78, 5) is 14.9. The highest BCUT2D eigenvalue weighted by Gasteiger charge is 2.30. The molecule has 3 aromatic rings. The molecule has 33 heavy (non-hydrogen) atoms. The molecule has 5 rings (SSSR count). The van der Waals surface area contributed by atoms with Gasteiger partial charge in [0.15, 0.2) is 0 Å². The number of hydrogen-bond donors (Lipinski definition) is 1. The monoisotopic (exact) mass is 489 g/mol. The second-order valence-corrected chi connectivity index (χ2v) is 11.0. The van der Waals surface area contributed by atoms with Crippen molar-refractivity contribution in [3.05, 3.63) is 30.5 Å². The number of benzene rings is 1. The summed E-state index contributed by atoms with van der Waals surface area (Å²) in [5.41, 5.74) is 1.03. The molecule has 1 N–H and O–H groups in total. The van der Waals surface area contributed by atoms with Gasteiger partial charge in [0.1, 0.15) is 21.7 Å². The number of aromatic nitrogens is 4.